The van der Waals surface area contributed by atoms with Crippen LogP contribution in [0, 0.1) is 10.8 Å². The van der Waals surface area contributed by atoms with E-state index in [9.17, 15) is 5.11 Å². The SMILES string of the molecule is C=C(C)C(C)(C)C(O)C(C)(C)C. The zero-order valence-electron chi connectivity index (χ0n) is 9.23. The number of hydrogen-bond acceptors (Lipinski definition) is 1. The van der Waals surface area contributed by atoms with E-state index in [2.05, 4.69) is 6.58 Å². The Morgan fingerprint density at radius 2 is 1.50 bits per heavy atom. The van der Waals surface area contributed by atoms with Crippen molar-refractivity contribution in [3.05, 3.63) is 12.2 Å². The highest BCUT2D eigenvalue weighted by Gasteiger charge is 2.36. The first kappa shape index (κ1) is 11.7. The Labute approximate surface area is 76.5 Å². The molecule has 0 aromatic heterocycles. The summed E-state index contributed by atoms with van der Waals surface area (Å²) in [4.78, 5) is 0. The smallest absolute Gasteiger partial charge is 0.0676 e. The minimum atomic E-state index is -0.345. The maximum absolute atomic E-state index is 10.0. The summed E-state index contributed by atoms with van der Waals surface area (Å²) in [6, 6.07) is 0. The molecule has 0 aromatic rings. The van der Waals surface area contributed by atoms with Crippen molar-refractivity contribution < 1.29 is 5.11 Å². The first-order valence-corrected chi connectivity index (χ1v) is 4.44. The van der Waals surface area contributed by atoms with Crippen LogP contribution in [0.3, 0.4) is 0 Å². The van der Waals surface area contributed by atoms with Gasteiger partial charge in [-0.1, -0.05) is 46.8 Å². The Morgan fingerprint density at radius 3 is 1.58 bits per heavy atom. The molecular weight excluding hydrogens is 148 g/mol. The van der Waals surface area contributed by atoms with Gasteiger partial charge in [0, 0.05) is 5.41 Å². The minimum Gasteiger partial charge on any atom is -0.392 e. The molecule has 0 heterocycles. The standard InChI is InChI=1S/C11H22O/c1-8(2)11(6,7)9(12)10(3,4)5/h9,12H,1H2,2-7H3. The zero-order chi connectivity index (χ0) is 10.2. The third-order valence-electron chi connectivity index (χ3n) is 2.60. The van der Waals surface area contributed by atoms with E-state index in [4.69, 9.17) is 0 Å². The monoisotopic (exact) mass is 170 g/mol. The largest absolute Gasteiger partial charge is 0.392 e. The van der Waals surface area contributed by atoms with Crippen molar-refractivity contribution in [3.8, 4) is 0 Å². The Balaban J connectivity index is 4.69. The third kappa shape index (κ3) is 2.34. The van der Waals surface area contributed by atoms with E-state index in [-0.39, 0.29) is 16.9 Å². The molecule has 0 amide bonds. The van der Waals surface area contributed by atoms with Gasteiger partial charge in [-0.05, 0) is 12.3 Å². The maximum atomic E-state index is 10.0. The van der Waals surface area contributed by atoms with Crippen LogP contribution in [0.15, 0.2) is 12.2 Å². The summed E-state index contributed by atoms with van der Waals surface area (Å²) in [5, 5.41) is 10.0. The predicted molar refractivity (Wildman–Crippen MR) is 54.1 cm³/mol. The molecular formula is C11H22O. The van der Waals surface area contributed by atoms with Crippen LogP contribution >= 0.6 is 0 Å². The summed E-state index contributed by atoms with van der Waals surface area (Å²) in [7, 11) is 0. The fourth-order valence-electron chi connectivity index (χ4n) is 1.32. The van der Waals surface area contributed by atoms with Gasteiger partial charge < -0.3 is 5.11 Å². The zero-order valence-corrected chi connectivity index (χ0v) is 9.23. The summed E-state index contributed by atoms with van der Waals surface area (Å²) in [5.41, 5.74) is 0.755. The fraction of sp³-hybridized carbons (Fsp3) is 0.818. The van der Waals surface area contributed by atoms with Gasteiger partial charge in [0.1, 0.15) is 0 Å². The van der Waals surface area contributed by atoms with Gasteiger partial charge in [0.05, 0.1) is 6.10 Å². The van der Waals surface area contributed by atoms with Gasteiger partial charge in [-0.25, -0.2) is 0 Å². The predicted octanol–water partition coefficient (Wildman–Crippen LogP) is 3.00. The Hall–Kier alpha value is -0.300. The van der Waals surface area contributed by atoms with Crippen LogP contribution in [0.4, 0.5) is 0 Å². The van der Waals surface area contributed by atoms with Crippen LogP contribution in [-0.4, -0.2) is 11.2 Å². The summed E-state index contributed by atoms with van der Waals surface area (Å²) in [6.45, 7) is 16.1. The van der Waals surface area contributed by atoms with E-state index in [1.165, 1.54) is 0 Å². The van der Waals surface area contributed by atoms with Gasteiger partial charge in [-0.3, -0.25) is 0 Å². The second-order valence-corrected chi connectivity index (χ2v) is 5.27. The lowest BCUT2D eigenvalue weighted by atomic mass is 9.70. The molecule has 0 bridgehead atoms. The Morgan fingerprint density at radius 1 is 1.17 bits per heavy atom. The van der Waals surface area contributed by atoms with E-state index in [0.29, 0.717) is 0 Å². The molecule has 0 radical (unpaired) electrons. The molecule has 1 unspecified atom stereocenters. The lowest BCUT2D eigenvalue weighted by molar-refractivity contribution is -0.0140. The average molecular weight is 170 g/mol. The summed E-state index contributed by atoms with van der Waals surface area (Å²) in [5.74, 6) is 0. The highest BCUT2D eigenvalue weighted by atomic mass is 16.3. The van der Waals surface area contributed by atoms with Crippen LogP contribution in [-0.2, 0) is 0 Å². The van der Waals surface area contributed by atoms with Gasteiger partial charge in [0.25, 0.3) is 0 Å². The maximum Gasteiger partial charge on any atom is 0.0676 e. The number of aliphatic hydroxyl groups is 1. The molecule has 12 heavy (non-hydrogen) atoms. The van der Waals surface area contributed by atoms with Crippen molar-refractivity contribution >= 4 is 0 Å². The van der Waals surface area contributed by atoms with Crippen molar-refractivity contribution in [1.82, 2.24) is 0 Å². The molecule has 1 N–H and O–H groups in total. The van der Waals surface area contributed by atoms with E-state index in [1.54, 1.807) is 0 Å². The molecule has 0 rings (SSSR count). The van der Waals surface area contributed by atoms with Gasteiger partial charge >= 0.3 is 0 Å². The molecule has 0 aromatic carbocycles. The molecule has 0 spiro atoms. The van der Waals surface area contributed by atoms with Crippen LogP contribution in [0.5, 0.6) is 0 Å². The second kappa shape index (κ2) is 3.21. The average Bonchev–Trinajstić information content (AvgIpc) is 1.83. The van der Waals surface area contributed by atoms with Gasteiger partial charge in [0.15, 0.2) is 0 Å². The molecule has 0 aliphatic heterocycles. The van der Waals surface area contributed by atoms with Crippen molar-refractivity contribution in [2.45, 2.75) is 47.6 Å². The highest BCUT2D eigenvalue weighted by Crippen LogP contribution is 2.38. The molecule has 1 heteroatoms. The summed E-state index contributed by atoms with van der Waals surface area (Å²) in [6.07, 6.45) is -0.345. The first-order chi connectivity index (χ1) is 5.10. The molecule has 1 nitrogen and oxygen atoms in total. The normalized spacial score (nSPS) is 15.9. The van der Waals surface area contributed by atoms with Crippen molar-refractivity contribution in [2.75, 3.05) is 0 Å². The van der Waals surface area contributed by atoms with Crippen LogP contribution in [0.25, 0.3) is 0 Å². The van der Waals surface area contributed by atoms with E-state index < -0.39 is 0 Å². The molecule has 0 aliphatic carbocycles. The van der Waals surface area contributed by atoms with Crippen molar-refractivity contribution in [2.24, 2.45) is 10.8 Å². The summed E-state index contributed by atoms with van der Waals surface area (Å²) < 4.78 is 0. The van der Waals surface area contributed by atoms with Gasteiger partial charge in [-0.15, -0.1) is 0 Å². The van der Waals surface area contributed by atoms with Crippen molar-refractivity contribution in [3.63, 3.8) is 0 Å². The molecule has 1 atom stereocenters. The topological polar surface area (TPSA) is 20.2 Å². The summed E-state index contributed by atoms with van der Waals surface area (Å²) >= 11 is 0. The third-order valence-corrected chi connectivity index (χ3v) is 2.60. The minimum absolute atomic E-state index is 0.0809. The quantitative estimate of drug-likeness (QED) is 0.632. The number of rotatable bonds is 2. The molecule has 0 saturated heterocycles. The molecule has 72 valence electrons. The van der Waals surface area contributed by atoms with E-state index in [1.807, 2.05) is 41.5 Å². The van der Waals surface area contributed by atoms with Crippen LogP contribution in [0.2, 0.25) is 0 Å². The molecule has 0 aliphatic rings. The first-order valence-electron chi connectivity index (χ1n) is 4.44. The lowest BCUT2D eigenvalue weighted by Crippen LogP contribution is -2.40. The van der Waals surface area contributed by atoms with Gasteiger partial charge in [0.2, 0.25) is 0 Å². The fourth-order valence-corrected chi connectivity index (χ4v) is 1.32. The van der Waals surface area contributed by atoms with E-state index in [0.717, 1.165) is 5.57 Å². The number of aliphatic hydroxyl groups excluding tert-OH is 1. The van der Waals surface area contributed by atoms with Crippen LogP contribution in [0.1, 0.15) is 41.5 Å². The van der Waals surface area contributed by atoms with Crippen LogP contribution < -0.4 is 0 Å². The molecule has 0 fully saturated rings. The molecule has 0 saturated carbocycles. The van der Waals surface area contributed by atoms with Crippen molar-refractivity contribution in [1.29, 1.82) is 0 Å². The lowest BCUT2D eigenvalue weighted by Gasteiger charge is -2.39. The number of hydrogen-bond donors (Lipinski definition) is 1. The van der Waals surface area contributed by atoms with Gasteiger partial charge in [-0.2, -0.15) is 0 Å². The van der Waals surface area contributed by atoms with E-state index >= 15 is 0 Å². The Kier molecular flexibility index (Phi) is 3.13. The second-order valence-electron chi connectivity index (χ2n) is 5.27. The highest BCUT2D eigenvalue weighted by molar-refractivity contribution is 5.08. The Bertz CT molecular complexity index is 172.